The van der Waals surface area contributed by atoms with Crippen molar-refractivity contribution < 1.29 is 29.6 Å². The van der Waals surface area contributed by atoms with Gasteiger partial charge in [-0.1, -0.05) is 6.92 Å². The van der Waals surface area contributed by atoms with Gasteiger partial charge in [-0.15, -0.1) is 0 Å². The molecular formula is C15H20O6. The van der Waals surface area contributed by atoms with E-state index in [0.29, 0.717) is 18.6 Å². The molecule has 0 amide bonds. The van der Waals surface area contributed by atoms with E-state index in [1.165, 1.54) is 0 Å². The van der Waals surface area contributed by atoms with Crippen LogP contribution >= 0.6 is 0 Å². The average Bonchev–Trinajstić information content (AvgIpc) is 3.20. The van der Waals surface area contributed by atoms with E-state index in [4.69, 9.17) is 9.47 Å². The first-order valence-corrected chi connectivity index (χ1v) is 7.33. The summed E-state index contributed by atoms with van der Waals surface area (Å²) in [6.07, 6.45) is -1.14. The van der Waals surface area contributed by atoms with E-state index in [1.54, 1.807) is 13.0 Å². The number of ether oxygens (including phenoxy) is 2. The minimum atomic E-state index is -1.35. The van der Waals surface area contributed by atoms with Crippen LogP contribution < -0.4 is 0 Å². The fraction of sp³-hybridized carbons (Fsp3) is 0.800. The van der Waals surface area contributed by atoms with Gasteiger partial charge < -0.3 is 24.8 Å². The third-order valence-corrected chi connectivity index (χ3v) is 6.43. The Labute approximate surface area is 122 Å². The first kappa shape index (κ1) is 13.8. The summed E-state index contributed by atoms with van der Waals surface area (Å²) in [6.45, 7) is 3.55. The summed E-state index contributed by atoms with van der Waals surface area (Å²) in [5.74, 6) is -0.388. The maximum absolute atomic E-state index is 12.3. The van der Waals surface area contributed by atoms with Crippen molar-refractivity contribution in [3.8, 4) is 0 Å². The van der Waals surface area contributed by atoms with Crippen LogP contribution in [0.3, 0.4) is 0 Å². The van der Waals surface area contributed by atoms with Crippen LogP contribution in [0.4, 0.5) is 0 Å². The summed E-state index contributed by atoms with van der Waals surface area (Å²) in [7, 11) is 0. The number of rotatable bonds is 1. The molecule has 2 bridgehead atoms. The fourth-order valence-corrected chi connectivity index (χ4v) is 5.02. The third-order valence-electron chi connectivity index (χ3n) is 6.43. The number of hydrogen-bond acceptors (Lipinski definition) is 6. The van der Waals surface area contributed by atoms with E-state index in [2.05, 4.69) is 0 Å². The lowest BCUT2D eigenvalue weighted by Gasteiger charge is -2.58. The molecule has 21 heavy (non-hydrogen) atoms. The lowest BCUT2D eigenvalue weighted by atomic mass is 9.50. The van der Waals surface area contributed by atoms with E-state index in [-0.39, 0.29) is 5.78 Å². The van der Waals surface area contributed by atoms with E-state index >= 15 is 0 Å². The number of carbonyl (C=O) groups excluding carboxylic acids is 1. The molecule has 2 heterocycles. The summed E-state index contributed by atoms with van der Waals surface area (Å²) in [6, 6.07) is 0. The second-order valence-electron chi connectivity index (χ2n) is 7.07. The van der Waals surface area contributed by atoms with Crippen molar-refractivity contribution >= 4 is 5.78 Å². The molecule has 2 saturated heterocycles. The Morgan fingerprint density at radius 1 is 1.43 bits per heavy atom. The van der Waals surface area contributed by atoms with E-state index in [1.807, 2.05) is 6.92 Å². The number of hydrogen-bond donors (Lipinski definition) is 3. The molecule has 4 aliphatic rings. The average molecular weight is 296 g/mol. The Balaban J connectivity index is 1.95. The van der Waals surface area contributed by atoms with Crippen LogP contribution in [0, 0.1) is 10.8 Å². The smallest absolute Gasteiger partial charge is 0.187 e. The van der Waals surface area contributed by atoms with Gasteiger partial charge in [0.25, 0.3) is 0 Å². The summed E-state index contributed by atoms with van der Waals surface area (Å²) in [4.78, 5) is 12.3. The highest BCUT2D eigenvalue weighted by atomic mass is 16.6. The van der Waals surface area contributed by atoms with Crippen molar-refractivity contribution in [2.45, 2.75) is 50.3 Å². The molecule has 0 aromatic heterocycles. The van der Waals surface area contributed by atoms with Crippen LogP contribution in [0.2, 0.25) is 0 Å². The van der Waals surface area contributed by atoms with Gasteiger partial charge in [-0.05, 0) is 25.0 Å². The zero-order chi connectivity index (χ0) is 15.2. The molecule has 6 heteroatoms. The molecule has 1 spiro atoms. The van der Waals surface area contributed by atoms with Crippen LogP contribution in [-0.4, -0.2) is 64.3 Å². The summed E-state index contributed by atoms with van der Waals surface area (Å²) in [5.41, 5.74) is -2.16. The molecule has 3 N–H and O–H groups in total. The van der Waals surface area contributed by atoms with Crippen molar-refractivity contribution in [1.29, 1.82) is 0 Å². The van der Waals surface area contributed by atoms with Crippen molar-refractivity contribution in [3.05, 3.63) is 11.6 Å². The molecule has 7 atom stereocenters. The van der Waals surface area contributed by atoms with Gasteiger partial charge in [0.1, 0.15) is 17.8 Å². The van der Waals surface area contributed by atoms with Gasteiger partial charge in [0.2, 0.25) is 0 Å². The molecule has 0 unspecified atom stereocenters. The number of ketones is 1. The molecule has 2 aliphatic heterocycles. The minimum Gasteiger partial charge on any atom is -0.396 e. The quantitative estimate of drug-likeness (QED) is 0.546. The highest BCUT2D eigenvalue weighted by Gasteiger charge is 2.83. The molecule has 0 aromatic carbocycles. The maximum Gasteiger partial charge on any atom is 0.187 e. The van der Waals surface area contributed by atoms with Gasteiger partial charge in [0.15, 0.2) is 5.78 Å². The zero-order valence-corrected chi connectivity index (χ0v) is 12.1. The zero-order valence-electron chi connectivity index (χ0n) is 12.1. The Bertz CT molecular complexity index is 552. The van der Waals surface area contributed by atoms with Gasteiger partial charge in [0.05, 0.1) is 30.8 Å². The van der Waals surface area contributed by atoms with Gasteiger partial charge in [0, 0.05) is 5.41 Å². The van der Waals surface area contributed by atoms with Crippen LogP contribution in [0.15, 0.2) is 11.6 Å². The molecule has 4 rings (SSSR count). The SMILES string of the molecule is CC1=C[C@H]2O[C@@H]3[C@@H](O)C[C@](C)([C@]2(CO)[C@H](O)C1=O)[C@@]31CO1. The number of epoxide rings is 1. The number of aliphatic hydroxyl groups excluding tert-OH is 3. The van der Waals surface area contributed by atoms with Gasteiger partial charge in [-0.25, -0.2) is 0 Å². The Morgan fingerprint density at radius 3 is 2.67 bits per heavy atom. The van der Waals surface area contributed by atoms with Crippen molar-refractivity contribution in [3.63, 3.8) is 0 Å². The second kappa shape index (κ2) is 3.75. The number of carbonyl (C=O) groups is 1. The molecule has 2 aliphatic carbocycles. The number of aliphatic hydroxyl groups is 3. The minimum absolute atomic E-state index is 0.339. The van der Waals surface area contributed by atoms with Gasteiger partial charge >= 0.3 is 0 Å². The largest absolute Gasteiger partial charge is 0.396 e. The van der Waals surface area contributed by atoms with Crippen molar-refractivity contribution in [2.75, 3.05) is 13.2 Å². The number of fused-ring (bicyclic) bond motifs is 2. The Kier molecular flexibility index (Phi) is 2.47. The van der Waals surface area contributed by atoms with Crippen LogP contribution in [0.25, 0.3) is 0 Å². The molecule has 116 valence electrons. The third kappa shape index (κ3) is 1.22. The van der Waals surface area contributed by atoms with E-state index in [9.17, 15) is 20.1 Å². The van der Waals surface area contributed by atoms with Crippen molar-refractivity contribution in [2.24, 2.45) is 10.8 Å². The Morgan fingerprint density at radius 2 is 2.10 bits per heavy atom. The van der Waals surface area contributed by atoms with Crippen LogP contribution in [-0.2, 0) is 14.3 Å². The second-order valence-corrected chi connectivity index (χ2v) is 7.07. The molecule has 0 aromatic rings. The van der Waals surface area contributed by atoms with Gasteiger partial charge in [-0.2, -0.15) is 0 Å². The predicted molar refractivity (Wildman–Crippen MR) is 70.4 cm³/mol. The van der Waals surface area contributed by atoms with E-state index < -0.39 is 47.5 Å². The van der Waals surface area contributed by atoms with Crippen LogP contribution in [0.5, 0.6) is 0 Å². The first-order valence-electron chi connectivity index (χ1n) is 7.33. The summed E-state index contributed by atoms with van der Waals surface area (Å²) >= 11 is 0. The van der Waals surface area contributed by atoms with Gasteiger partial charge in [-0.3, -0.25) is 4.79 Å². The van der Waals surface area contributed by atoms with Crippen LogP contribution in [0.1, 0.15) is 20.3 Å². The summed E-state index contributed by atoms with van der Waals surface area (Å²) in [5, 5.41) is 31.1. The first-order chi connectivity index (χ1) is 9.84. The lowest BCUT2D eigenvalue weighted by molar-refractivity contribution is -0.244. The number of Topliss-reactive ketones (excluding diaryl/α,β-unsaturated/α-hetero) is 1. The molecular weight excluding hydrogens is 276 g/mol. The summed E-state index contributed by atoms with van der Waals surface area (Å²) < 4.78 is 11.6. The normalized spacial score (nSPS) is 58.1. The fourth-order valence-electron chi connectivity index (χ4n) is 5.02. The maximum atomic E-state index is 12.3. The molecule has 6 nitrogen and oxygen atoms in total. The lowest BCUT2D eigenvalue weighted by Crippen LogP contribution is -2.70. The molecule has 3 fully saturated rings. The topological polar surface area (TPSA) is 99.5 Å². The highest BCUT2D eigenvalue weighted by molar-refractivity contribution is 6.00. The molecule has 1 saturated carbocycles. The van der Waals surface area contributed by atoms with E-state index in [0.717, 1.165) is 0 Å². The molecule has 0 radical (unpaired) electrons. The monoisotopic (exact) mass is 296 g/mol. The standard InChI is InChI=1S/C15H20O6/c1-7-3-9-14(5-16,11(19)10(7)18)13(2)4-8(17)12(21-9)15(13)6-20-15/h3,8-9,11-12,16-17,19H,4-6H2,1-2H3/t8-,9+,11+,12+,13+,14-,15+/m0/s1. The predicted octanol–water partition coefficient (Wildman–Crippen LogP) is -0.838. The Hall–Kier alpha value is -0.790. The van der Waals surface area contributed by atoms with Crippen molar-refractivity contribution in [1.82, 2.24) is 0 Å². The highest BCUT2D eigenvalue weighted by Crippen LogP contribution is 2.70.